The summed E-state index contributed by atoms with van der Waals surface area (Å²) in [6.07, 6.45) is 8.50. The van der Waals surface area contributed by atoms with Crippen molar-refractivity contribution in [1.29, 1.82) is 0 Å². The lowest BCUT2D eigenvalue weighted by Gasteiger charge is -2.16. The van der Waals surface area contributed by atoms with Gasteiger partial charge in [0.1, 0.15) is 0 Å². The molecule has 2 aromatic rings. The molecule has 2 aromatic heterocycles. The van der Waals surface area contributed by atoms with E-state index >= 15 is 0 Å². The number of imidazole rings is 1. The molecule has 2 rings (SSSR count). The van der Waals surface area contributed by atoms with Crippen LogP contribution in [0.5, 0.6) is 0 Å². The maximum atomic E-state index is 12.0. The van der Waals surface area contributed by atoms with Gasteiger partial charge in [-0.1, -0.05) is 13.3 Å². The first-order valence-electron chi connectivity index (χ1n) is 7.22. The van der Waals surface area contributed by atoms with E-state index < -0.39 is 0 Å². The number of aryl methyl sites for hydroxylation is 1. The summed E-state index contributed by atoms with van der Waals surface area (Å²) in [6, 6.07) is 0.134. The second kappa shape index (κ2) is 7.93. The summed E-state index contributed by atoms with van der Waals surface area (Å²) in [6.45, 7) is 4.51. The minimum Gasteiger partial charge on any atom is -0.465 e. The SMILES string of the molecule is CCC[C@H](CC(=O)OCCc1scnc1C)n1ccnc1. The first-order valence-corrected chi connectivity index (χ1v) is 8.10. The second-order valence-electron chi connectivity index (χ2n) is 4.99. The van der Waals surface area contributed by atoms with Crippen molar-refractivity contribution < 1.29 is 9.53 Å². The largest absolute Gasteiger partial charge is 0.465 e. The maximum absolute atomic E-state index is 12.0. The van der Waals surface area contributed by atoms with Crippen molar-refractivity contribution in [2.45, 2.75) is 45.6 Å². The van der Waals surface area contributed by atoms with Crippen LogP contribution in [0.25, 0.3) is 0 Å². The number of thiazole rings is 1. The van der Waals surface area contributed by atoms with E-state index in [1.807, 2.05) is 23.2 Å². The highest BCUT2D eigenvalue weighted by Crippen LogP contribution is 2.19. The fourth-order valence-corrected chi connectivity index (χ4v) is 3.01. The minimum atomic E-state index is -0.149. The van der Waals surface area contributed by atoms with Crippen LogP contribution in [0.15, 0.2) is 24.2 Å². The zero-order chi connectivity index (χ0) is 15.1. The molecule has 0 amide bonds. The van der Waals surface area contributed by atoms with E-state index in [0.717, 1.165) is 25.0 Å². The zero-order valence-electron chi connectivity index (χ0n) is 12.5. The van der Waals surface area contributed by atoms with Gasteiger partial charge in [0.15, 0.2) is 0 Å². The lowest BCUT2D eigenvalue weighted by atomic mass is 10.1. The van der Waals surface area contributed by atoms with E-state index in [2.05, 4.69) is 16.9 Å². The second-order valence-corrected chi connectivity index (χ2v) is 5.93. The fraction of sp³-hybridized carbons (Fsp3) is 0.533. The Kier molecular flexibility index (Phi) is 5.92. The highest BCUT2D eigenvalue weighted by molar-refractivity contribution is 7.09. The van der Waals surface area contributed by atoms with E-state index in [1.54, 1.807) is 23.9 Å². The summed E-state index contributed by atoms with van der Waals surface area (Å²) in [5.74, 6) is -0.149. The maximum Gasteiger partial charge on any atom is 0.307 e. The molecule has 0 N–H and O–H groups in total. The Balaban J connectivity index is 1.78. The summed E-state index contributed by atoms with van der Waals surface area (Å²) in [4.78, 5) is 21.4. The molecule has 0 aliphatic carbocycles. The Morgan fingerprint density at radius 2 is 2.38 bits per heavy atom. The summed E-state index contributed by atoms with van der Waals surface area (Å²) >= 11 is 1.61. The van der Waals surface area contributed by atoms with Crippen molar-refractivity contribution in [2.75, 3.05) is 6.61 Å². The normalized spacial score (nSPS) is 12.3. The molecule has 21 heavy (non-hydrogen) atoms. The third kappa shape index (κ3) is 4.67. The van der Waals surface area contributed by atoms with Crippen molar-refractivity contribution in [1.82, 2.24) is 14.5 Å². The summed E-state index contributed by atoms with van der Waals surface area (Å²) in [5.41, 5.74) is 2.85. The number of hydrogen-bond donors (Lipinski definition) is 0. The van der Waals surface area contributed by atoms with Crippen LogP contribution in [0, 0.1) is 6.92 Å². The Morgan fingerprint density at radius 1 is 1.52 bits per heavy atom. The van der Waals surface area contributed by atoms with Gasteiger partial charge in [-0.25, -0.2) is 9.97 Å². The van der Waals surface area contributed by atoms with Crippen LogP contribution in [-0.4, -0.2) is 27.1 Å². The monoisotopic (exact) mass is 307 g/mol. The van der Waals surface area contributed by atoms with Gasteiger partial charge in [-0.15, -0.1) is 11.3 Å². The number of hydrogen-bond acceptors (Lipinski definition) is 5. The van der Waals surface area contributed by atoms with Gasteiger partial charge in [-0.2, -0.15) is 0 Å². The third-order valence-electron chi connectivity index (χ3n) is 3.41. The molecule has 6 heteroatoms. The number of rotatable bonds is 8. The van der Waals surface area contributed by atoms with Crippen LogP contribution in [0.3, 0.4) is 0 Å². The number of nitrogens with zero attached hydrogens (tertiary/aromatic N) is 3. The molecule has 0 spiro atoms. The molecule has 114 valence electrons. The van der Waals surface area contributed by atoms with Gasteiger partial charge < -0.3 is 9.30 Å². The molecule has 0 aliphatic heterocycles. The lowest BCUT2D eigenvalue weighted by molar-refractivity contribution is -0.144. The molecule has 0 aliphatic rings. The molecular formula is C15H21N3O2S. The van der Waals surface area contributed by atoms with Crippen molar-refractivity contribution in [3.63, 3.8) is 0 Å². The number of ether oxygens (including phenoxy) is 1. The summed E-state index contributed by atoms with van der Waals surface area (Å²) in [7, 11) is 0. The number of aromatic nitrogens is 3. The molecule has 5 nitrogen and oxygen atoms in total. The molecular weight excluding hydrogens is 286 g/mol. The quantitative estimate of drug-likeness (QED) is 0.703. The topological polar surface area (TPSA) is 57.0 Å². The molecule has 0 bridgehead atoms. The standard InChI is InChI=1S/C15H21N3O2S/c1-3-4-13(18-7-6-16-10-18)9-15(19)20-8-5-14-12(2)17-11-21-14/h6-7,10-11,13H,3-5,8-9H2,1-2H3/t13-/m1/s1. The molecule has 2 heterocycles. The average molecular weight is 307 g/mol. The molecule has 0 saturated heterocycles. The Labute approximate surface area is 129 Å². The van der Waals surface area contributed by atoms with Gasteiger partial charge in [0.05, 0.1) is 30.6 Å². The van der Waals surface area contributed by atoms with Crippen molar-refractivity contribution in [3.05, 3.63) is 34.8 Å². The first-order chi connectivity index (χ1) is 10.2. The van der Waals surface area contributed by atoms with E-state index in [0.29, 0.717) is 13.0 Å². The van der Waals surface area contributed by atoms with Crippen molar-refractivity contribution in [3.8, 4) is 0 Å². The van der Waals surface area contributed by atoms with Crippen molar-refractivity contribution >= 4 is 17.3 Å². The van der Waals surface area contributed by atoms with Gasteiger partial charge in [0, 0.05) is 29.7 Å². The van der Waals surface area contributed by atoms with Gasteiger partial charge in [-0.3, -0.25) is 4.79 Å². The molecule has 0 unspecified atom stereocenters. The van der Waals surface area contributed by atoms with E-state index in [-0.39, 0.29) is 12.0 Å². The highest BCUT2D eigenvalue weighted by atomic mass is 32.1. The average Bonchev–Trinajstić information content (AvgIpc) is 3.11. The van der Waals surface area contributed by atoms with Gasteiger partial charge in [0.25, 0.3) is 0 Å². The predicted octanol–water partition coefficient (Wildman–Crippen LogP) is 3.17. The number of carbonyl (C=O) groups excluding carboxylic acids is 1. The van der Waals surface area contributed by atoms with Gasteiger partial charge in [0.2, 0.25) is 0 Å². The van der Waals surface area contributed by atoms with Crippen molar-refractivity contribution in [2.24, 2.45) is 0 Å². The smallest absolute Gasteiger partial charge is 0.307 e. The lowest BCUT2D eigenvalue weighted by Crippen LogP contribution is -2.16. The molecule has 0 saturated carbocycles. The Hall–Kier alpha value is -1.69. The Morgan fingerprint density at radius 3 is 3.00 bits per heavy atom. The molecule has 0 aromatic carbocycles. The van der Waals surface area contributed by atoms with Crippen LogP contribution in [0.2, 0.25) is 0 Å². The van der Waals surface area contributed by atoms with Crippen LogP contribution in [0.4, 0.5) is 0 Å². The Bertz CT molecular complexity index is 551. The third-order valence-corrected chi connectivity index (χ3v) is 4.40. The number of carbonyl (C=O) groups is 1. The number of esters is 1. The summed E-state index contributed by atoms with van der Waals surface area (Å²) < 4.78 is 7.34. The molecule has 0 radical (unpaired) electrons. The molecule has 0 fully saturated rings. The van der Waals surface area contributed by atoms with E-state index in [4.69, 9.17) is 4.74 Å². The highest BCUT2D eigenvalue weighted by Gasteiger charge is 2.15. The van der Waals surface area contributed by atoms with Gasteiger partial charge in [-0.05, 0) is 13.3 Å². The minimum absolute atomic E-state index is 0.134. The first kappa shape index (κ1) is 15.7. The summed E-state index contributed by atoms with van der Waals surface area (Å²) in [5, 5.41) is 0. The predicted molar refractivity (Wildman–Crippen MR) is 82.3 cm³/mol. The van der Waals surface area contributed by atoms with Crippen LogP contribution in [-0.2, 0) is 16.0 Å². The van der Waals surface area contributed by atoms with Crippen LogP contribution >= 0.6 is 11.3 Å². The van der Waals surface area contributed by atoms with E-state index in [9.17, 15) is 4.79 Å². The van der Waals surface area contributed by atoms with Crippen LogP contribution in [0.1, 0.15) is 42.8 Å². The molecule has 1 atom stereocenters. The van der Waals surface area contributed by atoms with E-state index in [1.165, 1.54) is 4.88 Å². The fourth-order valence-electron chi connectivity index (χ4n) is 2.25. The van der Waals surface area contributed by atoms with Gasteiger partial charge >= 0.3 is 5.97 Å². The van der Waals surface area contributed by atoms with Crippen LogP contribution < -0.4 is 0 Å². The zero-order valence-corrected chi connectivity index (χ0v) is 13.3.